The Balaban J connectivity index is 1.85. The van der Waals surface area contributed by atoms with Gasteiger partial charge >= 0.3 is 0 Å². The highest BCUT2D eigenvalue weighted by atomic mass is 32.1. The van der Waals surface area contributed by atoms with Crippen LogP contribution < -0.4 is 10.6 Å². The largest absolute Gasteiger partial charge is 0.381 e. The molecule has 1 aliphatic heterocycles. The molecular formula is C24H30F2N4O4S. The molecule has 1 aliphatic rings. The van der Waals surface area contributed by atoms with Gasteiger partial charge in [-0.2, -0.15) is 0 Å². The first kappa shape index (κ1) is 26.7. The van der Waals surface area contributed by atoms with Gasteiger partial charge in [0.15, 0.2) is 6.10 Å². The second kappa shape index (κ2) is 11.2. The molecule has 35 heavy (non-hydrogen) atoms. The van der Waals surface area contributed by atoms with Crippen LogP contribution in [0.2, 0.25) is 0 Å². The number of alkyl halides is 2. The molecule has 3 amide bonds. The van der Waals surface area contributed by atoms with Crippen LogP contribution in [-0.4, -0.2) is 69.9 Å². The first-order chi connectivity index (χ1) is 16.5. The molecule has 1 saturated heterocycles. The van der Waals surface area contributed by atoms with E-state index in [1.165, 1.54) is 11.3 Å². The maximum Gasteiger partial charge on any atom is 0.267 e. The number of thiazole rings is 1. The molecule has 11 heteroatoms. The number of hydrogen-bond acceptors (Lipinski definition) is 6. The number of likely N-dealkylation sites (tertiary alicyclic amines) is 1. The van der Waals surface area contributed by atoms with E-state index in [2.05, 4.69) is 15.6 Å². The Morgan fingerprint density at radius 2 is 1.94 bits per heavy atom. The Hall–Kier alpha value is -2.92. The third kappa shape index (κ3) is 6.61. The van der Waals surface area contributed by atoms with Crippen molar-refractivity contribution < 1.29 is 28.3 Å². The zero-order chi connectivity index (χ0) is 25.8. The SMILES string of the molecule is CCCNC(=O)[C@@H]1CC(F)(F)CN1C(=O)[C@@H](O)[C@H](Cc1ccccc1)NC(=O)c1sc(C)nc1C. The van der Waals surface area contributed by atoms with Crippen LogP contribution in [0.1, 0.15) is 45.7 Å². The van der Waals surface area contributed by atoms with Crippen molar-refractivity contribution in [2.24, 2.45) is 0 Å². The van der Waals surface area contributed by atoms with Gasteiger partial charge in [-0.25, -0.2) is 13.8 Å². The first-order valence-corrected chi connectivity index (χ1v) is 12.3. The summed E-state index contributed by atoms with van der Waals surface area (Å²) in [5.74, 6) is -5.51. The number of amides is 3. The van der Waals surface area contributed by atoms with E-state index in [0.29, 0.717) is 22.0 Å². The van der Waals surface area contributed by atoms with E-state index in [1.807, 2.05) is 6.92 Å². The number of aliphatic hydroxyl groups is 1. The fourth-order valence-corrected chi connectivity index (χ4v) is 4.90. The van der Waals surface area contributed by atoms with Gasteiger partial charge in [-0.3, -0.25) is 14.4 Å². The summed E-state index contributed by atoms with van der Waals surface area (Å²) in [6.07, 6.45) is -1.99. The topological polar surface area (TPSA) is 112 Å². The lowest BCUT2D eigenvalue weighted by Gasteiger charge is -2.30. The average Bonchev–Trinajstić information content (AvgIpc) is 3.33. The summed E-state index contributed by atoms with van der Waals surface area (Å²) in [6, 6.07) is 6.36. The number of halogens is 2. The van der Waals surface area contributed by atoms with Crippen molar-refractivity contribution >= 4 is 29.1 Å². The highest BCUT2D eigenvalue weighted by Crippen LogP contribution is 2.33. The van der Waals surface area contributed by atoms with Gasteiger partial charge in [-0.05, 0) is 32.3 Å². The van der Waals surface area contributed by atoms with Crippen LogP contribution in [0.5, 0.6) is 0 Å². The molecule has 0 bridgehead atoms. The van der Waals surface area contributed by atoms with Crippen molar-refractivity contribution in [3.05, 3.63) is 51.5 Å². The Labute approximate surface area is 206 Å². The summed E-state index contributed by atoms with van der Waals surface area (Å²) in [6.45, 7) is 4.56. The zero-order valence-corrected chi connectivity index (χ0v) is 20.7. The van der Waals surface area contributed by atoms with Crippen LogP contribution in [0, 0.1) is 13.8 Å². The maximum absolute atomic E-state index is 14.2. The Morgan fingerprint density at radius 3 is 2.54 bits per heavy atom. The molecule has 2 heterocycles. The van der Waals surface area contributed by atoms with Crippen molar-refractivity contribution in [2.45, 2.75) is 64.1 Å². The van der Waals surface area contributed by atoms with Crippen LogP contribution in [-0.2, 0) is 16.0 Å². The standard InChI is InChI=1S/C24H30F2N4O4S/c1-4-10-27-21(32)18-12-24(25,26)13-30(18)23(34)19(31)17(11-16-8-6-5-7-9-16)29-22(33)20-14(2)28-15(3)35-20/h5-9,17-19,31H,4,10-13H2,1-3H3,(H,27,32)(H,29,33)/t17-,18-,19-/m0/s1. The fraction of sp³-hybridized carbons (Fsp3) is 0.500. The maximum atomic E-state index is 14.2. The number of aryl methyl sites for hydroxylation is 2. The molecular weight excluding hydrogens is 478 g/mol. The summed E-state index contributed by atoms with van der Waals surface area (Å²) >= 11 is 1.18. The molecule has 3 atom stereocenters. The lowest BCUT2D eigenvalue weighted by Crippen LogP contribution is -2.56. The molecule has 0 aliphatic carbocycles. The van der Waals surface area contributed by atoms with E-state index in [4.69, 9.17) is 0 Å². The summed E-state index contributed by atoms with van der Waals surface area (Å²) in [7, 11) is 0. The number of rotatable bonds is 9. The third-order valence-electron chi connectivity index (χ3n) is 5.76. The number of hydrogen-bond donors (Lipinski definition) is 3. The third-order valence-corrected chi connectivity index (χ3v) is 6.84. The lowest BCUT2D eigenvalue weighted by molar-refractivity contribution is -0.147. The highest BCUT2D eigenvalue weighted by molar-refractivity contribution is 7.13. The molecule has 3 rings (SSSR count). The van der Waals surface area contributed by atoms with Crippen molar-refractivity contribution in [2.75, 3.05) is 13.1 Å². The minimum absolute atomic E-state index is 0.0766. The normalized spacial score (nSPS) is 18.7. The Kier molecular flexibility index (Phi) is 8.55. The van der Waals surface area contributed by atoms with Gasteiger partial charge in [-0.1, -0.05) is 37.3 Å². The Morgan fingerprint density at radius 1 is 1.26 bits per heavy atom. The highest BCUT2D eigenvalue weighted by Gasteiger charge is 2.51. The molecule has 0 unspecified atom stereocenters. The molecule has 8 nitrogen and oxygen atoms in total. The molecule has 0 radical (unpaired) electrons. The van der Waals surface area contributed by atoms with Crippen LogP contribution in [0.4, 0.5) is 8.78 Å². The smallest absolute Gasteiger partial charge is 0.267 e. The van der Waals surface area contributed by atoms with E-state index in [-0.39, 0.29) is 13.0 Å². The molecule has 3 N–H and O–H groups in total. The second-order valence-electron chi connectivity index (χ2n) is 8.69. The number of carbonyl (C=O) groups excluding carboxylic acids is 3. The van der Waals surface area contributed by atoms with Crippen LogP contribution >= 0.6 is 11.3 Å². The number of benzene rings is 1. The summed E-state index contributed by atoms with van der Waals surface area (Å²) in [4.78, 5) is 44.0. The monoisotopic (exact) mass is 508 g/mol. The van der Waals surface area contributed by atoms with Gasteiger partial charge in [0.1, 0.15) is 10.9 Å². The lowest BCUT2D eigenvalue weighted by atomic mass is 9.99. The van der Waals surface area contributed by atoms with Gasteiger partial charge in [0.2, 0.25) is 5.91 Å². The van der Waals surface area contributed by atoms with E-state index < -0.39 is 54.8 Å². The molecule has 1 fully saturated rings. The quantitative estimate of drug-likeness (QED) is 0.481. The fourth-order valence-electron chi connectivity index (χ4n) is 4.08. The van der Waals surface area contributed by atoms with Gasteiger partial charge in [0, 0.05) is 13.0 Å². The van der Waals surface area contributed by atoms with E-state index in [9.17, 15) is 28.3 Å². The van der Waals surface area contributed by atoms with Gasteiger partial charge in [0.25, 0.3) is 17.7 Å². The van der Waals surface area contributed by atoms with Crippen LogP contribution in [0.25, 0.3) is 0 Å². The zero-order valence-electron chi connectivity index (χ0n) is 19.9. The van der Waals surface area contributed by atoms with Crippen LogP contribution in [0.3, 0.4) is 0 Å². The number of carbonyl (C=O) groups is 3. The van der Waals surface area contributed by atoms with Crippen molar-refractivity contribution in [1.82, 2.24) is 20.5 Å². The predicted octanol–water partition coefficient (Wildman–Crippen LogP) is 2.22. The number of aliphatic hydroxyl groups excluding tert-OH is 1. The first-order valence-electron chi connectivity index (χ1n) is 11.4. The number of nitrogens with one attached hydrogen (secondary N) is 2. The number of nitrogens with zero attached hydrogens (tertiary/aromatic N) is 2. The molecule has 0 spiro atoms. The Bertz CT molecular complexity index is 1060. The molecule has 2 aromatic rings. The molecule has 1 aromatic carbocycles. The summed E-state index contributed by atoms with van der Waals surface area (Å²) < 4.78 is 28.5. The van der Waals surface area contributed by atoms with E-state index in [1.54, 1.807) is 44.2 Å². The van der Waals surface area contributed by atoms with Crippen molar-refractivity contribution in [1.29, 1.82) is 0 Å². The van der Waals surface area contributed by atoms with Crippen LogP contribution in [0.15, 0.2) is 30.3 Å². The molecule has 0 saturated carbocycles. The average molecular weight is 509 g/mol. The van der Waals surface area contributed by atoms with Gasteiger partial charge in [-0.15, -0.1) is 11.3 Å². The minimum atomic E-state index is -3.26. The van der Waals surface area contributed by atoms with Crippen molar-refractivity contribution in [3.8, 4) is 0 Å². The molecule has 1 aromatic heterocycles. The van der Waals surface area contributed by atoms with Gasteiger partial charge < -0.3 is 20.6 Å². The second-order valence-corrected chi connectivity index (χ2v) is 9.90. The summed E-state index contributed by atoms with van der Waals surface area (Å²) in [5.41, 5.74) is 1.24. The van der Waals surface area contributed by atoms with Gasteiger partial charge in [0.05, 0.1) is 23.3 Å². The number of aromatic nitrogens is 1. The summed E-state index contributed by atoms with van der Waals surface area (Å²) in [5, 5.41) is 16.9. The van der Waals surface area contributed by atoms with Crippen molar-refractivity contribution in [3.63, 3.8) is 0 Å². The van der Waals surface area contributed by atoms with E-state index in [0.717, 1.165) is 10.5 Å². The molecule has 190 valence electrons. The van der Waals surface area contributed by atoms with E-state index >= 15 is 0 Å². The minimum Gasteiger partial charge on any atom is -0.381 e. The predicted molar refractivity (Wildman–Crippen MR) is 127 cm³/mol.